The van der Waals surface area contributed by atoms with Gasteiger partial charge < -0.3 is 52.6 Å². The van der Waals surface area contributed by atoms with Crippen LogP contribution in [0.4, 0.5) is 32.0 Å². The Kier molecular flexibility index (Phi) is 10.00. The number of aliphatic carboxylic acids is 2. The number of aromatic amines is 1. The summed E-state index contributed by atoms with van der Waals surface area (Å²) >= 11 is 0. The van der Waals surface area contributed by atoms with Crippen molar-refractivity contribution >= 4 is 34.5 Å². The molecule has 14 nitrogen and oxygen atoms in total. The van der Waals surface area contributed by atoms with Crippen molar-refractivity contribution in [2.45, 2.75) is 67.6 Å². The summed E-state index contributed by atoms with van der Waals surface area (Å²) in [6.45, 7) is 1.99. The lowest BCUT2D eigenvalue weighted by Crippen LogP contribution is -2.74. The number of phenols is 1. The first-order chi connectivity index (χ1) is 22.8. The third kappa shape index (κ3) is 6.47. The van der Waals surface area contributed by atoms with Gasteiger partial charge in [0.05, 0.1) is 22.4 Å². The van der Waals surface area contributed by atoms with Gasteiger partial charge in [-0.1, -0.05) is 12.1 Å². The number of halogens is 6. The fourth-order valence-corrected chi connectivity index (χ4v) is 7.84. The summed E-state index contributed by atoms with van der Waals surface area (Å²) in [6.07, 6.45) is -5.85. The lowest BCUT2D eigenvalue weighted by atomic mass is 9.49. The summed E-state index contributed by atoms with van der Waals surface area (Å²) in [5.74, 6) is -4.04. The molecule has 2 bridgehead atoms. The highest BCUT2D eigenvalue weighted by Gasteiger charge is 2.72. The van der Waals surface area contributed by atoms with E-state index < -0.39 is 35.3 Å². The molecule has 3 heterocycles. The Bertz CT molecular complexity index is 1850. The van der Waals surface area contributed by atoms with Crippen molar-refractivity contribution in [2.75, 3.05) is 13.1 Å². The van der Waals surface area contributed by atoms with Gasteiger partial charge in [0.2, 0.25) is 0 Å². The highest BCUT2D eigenvalue weighted by Crippen LogP contribution is 2.69. The van der Waals surface area contributed by atoms with Crippen LogP contribution < -0.4 is 16.2 Å². The van der Waals surface area contributed by atoms with Gasteiger partial charge in [0.15, 0.2) is 23.6 Å². The van der Waals surface area contributed by atoms with Crippen LogP contribution in [0.25, 0.3) is 10.9 Å². The van der Waals surface area contributed by atoms with E-state index in [4.69, 9.17) is 36.0 Å². The van der Waals surface area contributed by atoms with E-state index in [-0.39, 0.29) is 34.8 Å². The number of carboxylic acids is 2. The van der Waals surface area contributed by atoms with Crippen LogP contribution in [0.3, 0.4) is 0 Å². The molecular formula is C31H35F6N5O9. The first-order valence-electron chi connectivity index (χ1n) is 15.1. The number of carbonyl (C=O) groups is 2. The number of nitrogens with one attached hydrogen (secondary N) is 1. The number of piperidine rings is 1. The number of aromatic nitrogens is 1. The number of aromatic hydroxyl groups is 1. The predicted octanol–water partition coefficient (Wildman–Crippen LogP) is 2.09. The number of likely N-dealkylation sites (tertiary alicyclic amines) is 1. The Morgan fingerprint density at radius 1 is 1.02 bits per heavy atom. The number of ether oxygens (including phenoxy) is 1. The van der Waals surface area contributed by atoms with E-state index in [1.807, 2.05) is 24.3 Å². The highest BCUT2D eigenvalue weighted by molar-refractivity contribution is 5.90. The number of fused-ring (bicyclic) bond motifs is 4. The molecule has 2 fully saturated rings. The third-order valence-corrected chi connectivity index (χ3v) is 9.89. The van der Waals surface area contributed by atoms with Gasteiger partial charge in [-0.2, -0.15) is 26.3 Å². The molecular weight excluding hydrogens is 700 g/mol. The van der Waals surface area contributed by atoms with E-state index >= 15 is 0 Å². The Morgan fingerprint density at radius 2 is 1.63 bits per heavy atom. The molecule has 8 rings (SSSR count). The van der Waals surface area contributed by atoms with Gasteiger partial charge in [0, 0.05) is 35.5 Å². The lowest BCUT2D eigenvalue weighted by molar-refractivity contribution is -0.193. The topological polar surface area (TPSA) is 271 Å². The van der Waals surface area contributed by atoms with Crippen molar-refractivity contribution in [1.82, 2.24) is 9.88 Å². The van der Waals surface area contributed by atoms with Crippen LogP contribution in [0.5, 0.6) is 11.5 Å². The normalized spacial score (nSPS) is 25.2. The minimum Gasteiger partial charge on any atom is -0.504 e. The largest absolute Gasteiger partial charge is 0.504 e. The fourth-order valence-electron chi connectivity index (χ4n) is 7.84. The molecule has 0 radical (unpaired) electrons. The van der Waals surface area contributed by atoms with Crippen LogP contribution in [-0.2, 0) is 27.8 Å². The molecule has 20 heteroatoms. The Morgan fingerprint density at radius 3 is 2.18 bits per heavy atom. The maximum Gasteiger partial charge on any atom is 0.490 e. The summed E-state index contributed by atoms with van der Waals surface area (Å²) in [5.41, 5.74) is 15.5. The standard InChI is InChI=1S/C27H29N5O3.2C2HF3O2.2H2O/c28-25(29)30-15-4-5-16-17-11-27(34)20-9-14-3-6-19(33)23-21(14)26(27,7-8-32(20)12-13-1-2-13)24(35-23)22(17)31-18(16)10-15;2*3-2(4,5)1(6)7;;/h3-6,10,13,20,24,31,33-34H,1-2,7-9,11-12H2,(H4,28,29,30);2*(H,6,7);2*1H2/t20-,24?,26+,27-;;;;/m1..../s1. The van der Waals surface area contributed by atoms with Crippen molar-refractivity contribution in [3.63, 3.8) is 0 Å². The van der Waals surface area contributed by atoms with Crippen LogP contribution in [0, 0.1) is 5.92 Å². The van der Waals surface area contributed by atoms with E-state index in [2.05, 4.69) is 14.9 Å². The van der Waals surface area contributed by atoms with Crippen LogP contribution >= 0.6 is 0 Å². The van der Waals surface area contributed by atoms with Gasteiger partial charge in [-0.25, -0.2) is 14.6 Å². The van der Waals surface area contributed by atoms with Crippen molar-refractivity contribution in [2.24, 2.45) is 22.4 Å². The minimum absolute atomic E-state index is 0. The summed E-state index contributed by atoms with van der Waals surface area (Å²) in [6, 6.07) is 9.68. The minimum atomic E-state index is -5.08. The van der Waals surface area contributed by atoms with Gasteiger partial charge in [0.1, 0.15) is 0 Å². The molecule has 5 aliphatic rings. The number of alkyl halides is 6. The van der Waals surface area contributed by atoms with E-state index in [0.29, 0.717) is 17.9 Å². The van der Waals surface area contributed by atoms with Crippen LogP contribution in [0.15, 0.2) is 35.3 Å². The molecule has 280 valence electrons. The number of phenolic OH excluding ortho intramolecular Hbond substituents is 1. The molecule has 4 atom stereocenters. The van der Waals surface area contributed by atoms with E-state index in [1.54, 1.807) is 6.07 Å². The van der Waals surface area contributed by atoms with E-state index in [0.717, 1.165) is 59.6 Å². The quantitative estimate of drug-likeness (QED) is 0.117. The number of H-pyrrole nitrogens is 1. The summed E-state index contributed by atoms with van der Waals surface area (Å²) in [4.78, 5) is 28.2. The number of nitrogens with two attached hydrogens (primary N) is 2. The number of benzene rings is 2. The average molecular weight is 736 g/mol. The molecule has 13 N–H and O–H groups in total. The fraction of sp³-hybridized carbons (Fsp3) is 0.452. The number of aliphatic hydroxyl groups is 1. The molecule has 1 saturated heterocycles. The van der Waals surface area contributed by atoms with Crippen molar-refractivity contribution in [1.29, 1.82) is 0 Å². The SMILES string of the molecule is NC(N)=Nc1ccc2c3c([nH]c2c1)C1Oc2c(O)ccc4c2[C@@]12CCN(CC1CC1)[C@H](C4)[C@]2(O)C3.O.O.O=C(O)C(F)(F)F.O=C(O)C(F)(F)F. The predicted molar refractivity (Wildman–Crippen MR) is 167 cm³/mol. The maximum absolute atomic E-state index is 12.8. The highest BCUT2D eigenvalue weighted by atomic mass is 19.4. The van der Waals surface area contributed by atoms with Gasteiger partial charge in [-0.15, -0.1) is 0 Å². The number of aliphatic imine (C=N–C) groups is 1. The third-order valence-electron chi connectivity index (χ3n) is 9.89. The van der Waals surface area contributed by atoms with Crippen molar-refractivity contribution in [3.8, 4) is 11.5 Å². The van der Waals surface area contributed by atoms with Crippen molar-refractivity contribution in [3.05, 3.63) is 52.7 Å². The van der Waals surface area contributed by atoms with Crippen LogP contribution in [-0.4, -0.2) is 96.2 Å². The molecule has 51 heavy (non-hydrogen) atoms. The molecule has 2 aromatic carbocycles. The summed E-state index contributed by atoms with van der Waals surface area (Å²) in [7, 11) is 0. The molecule has 0 amide bonds. The summed E-state index contributed by atoms with van der Waals surface area (Å²) in [5, 5.41) is 38.9. The maximum atomic E-state index is 12.8. The Balaban J connectivity index is 0.000000313. The van der Waals surface area contributed by atoms with Gasteiger partial charge in [-0.05, 0) is 67.5 Å². The molecule has 1 saturated carbocycles. The molecule has 1 unspecified atom stereocenters. The number of nitrogens with zero attached hydrogens (tertiary/aromatic N) is 2. The second kappa shape index (κ2) is 13.1. The monoisotopic (exact) mass is 735 g/mol. The smallest absolute Gasteiger partial charge is 0.490 e. The molecule has 3 aromatic rings. The zero-order valence-corrected chi connectivity index (χ0v) is 26.4. The van der Waals surface area contributed by atoms with E-state index in [1.165, 1.54) is 18.4 Å². The number of guanidine groups is 1. The molecule has 1 aromatic heterocycles. The van der Waals surface area contributed by atoms with Gasteiger partial charge >= 0.3 is 24.3 Å². The Labute approximate surface area is 283 Å². The number of hydrogen-bond donors (Lipinski definition) is 7. The zero-order valence-electron chi connectivity index (χ0n) is 26.4. The second-order valence-corrected chi connectivity index (χ2v) is 12.8. The van der Waals surface area contributed by atoms with Crippen molar-refractivity contribution < 1.29 is 72.0 Å². The summed E-state index contributed by atoms with van der Waals surface area (Å²) < 4.78 is 70.1. The Hall–Kier alpha value is -4.79. The number of hydrogen-bond acceptors (Lipinski definition) is 7. The first-order valence-corrected chi connectivity index (χ1v) is 15.1. The number of rotatable bonds is 3. The van der Waals surface area contributed by atoms with Crippen LogP contribution in [0.1, 0.15) is 47.8 Å². The number of carboxylic acid groups (broad SMARTS) is 2. The molecule has 2 aliphatic heterocycles. The molecule has 1 spiro atoms. The average Bonchev–Trinajstić information content (AvgIpc) is 3.63. The second-order valence-electron chi connectivity index (χ2n) is 12.8. The lowest BCUT2D eigenvalue weighted by Gasteiger charge is -2.62. The molecule has 3 aliphatic carbocycles. The zero-order chi connectivity index (χ0) is 35.8. The van der Waals surface area contributed by atoms with Gasteiger partial charge in [-0.3, -0.25) is 4.90 Å². The van der Waals surface area contributed by atoms with Gasteiger partial charge in [0.25, 0.3) is 0 Å². The van der Waals surface area contributed by atoms with E-state index in [9.17, 15) is 36.6 Å². The van der Waals surface area contributed by atoms with Crippen LogP contribution in [0.2, 0.25) is 0 Å². The first kappa shape index (κ1) is 39.0.